The molecular weight excluding hydrogens is 168 g/mol. The second kappa shape index (κ2) is 4.07. The summed E-state index contributed by atoms with van der Waals surface area (Å²) in [6.07, 6.45) is 1.25. The molecule has 4 nitrogen and oxygen atoms in total. The van der Waals surface area contributed by atoms with Crippen LogP contribution in [0.25, 0.3) is 0 Å². The van der Waals surface area contributed by atoms with Crippen molar-refractivity contribution in [1.29, 1.82) is 0 Å². The van der Waals surface area contributed by atoms with E-state index >= 15 is 0 Å². The summed E-state index contributed by atoms with van der Waals surface area (Å²) >= 11 is 0. The molecule has 1 amide bonds. The van der Waals surface area contributed by atoms with Gasteiger partial charge in [-0.2, -0.15) is 0 Å². The molecule has 0 atom stereocenters. The Morgan fingerprint density at radius 3 is 2.69 bits per heavy atom. The molecule has 0 unspecified atom stereocenters. The fourth-order valence-corrected chi connectivity index (χ4v) is 1.45. The fraction of sp³-hybridized carbons (Fsp3) is 0.889. The minimum atomic E-state index is -0.602. The SMILES string of the molecule is CCC1(O)CN(C(=O)CCNC)C1. The molecule has 1 saturated heterocycles. The minimum Gasteiger partial charge on any atom is -0.386 e. The van der Waals surface area contributed by atoms with Crippen molar-refractivity contribution in [2.45, 2.75) is 25.4 Å². The van der Waals surface area contributed by atoms with Gasteiger partial charge in [0, 0.05) is 13.0 Å². The van der Waals surface area contributed by atoms with Gasteiger partial charge in [0.25, 0.3) is 0 Å². The molecule has 0 aliphatic carbocycles. The van der Waals surface area contributed by atoms with Crippen molar-refractivity contribution in [2.24, 2.45) is 0 Å². The number of amides is 1. The molecule has 0 saturated carbocycles. The van der Waals surface area contributed by atoms with E-state index < -0.39 is 5.60 Å². The molecule has 76 valence electrons. The summed E-state index contributed by atoms with van der Waals surface area (Å²) in [6.45, 7) is 3.66. The van der Waals surface area contributed by atoms with Crippen LogP contribution in [0.15, 0.2) is 0 Å². The van der Waals surface area contributed by atoms with E-state index in [1.165, 1.54) is 0 Å². The van der Waals surface area contributed by atoms with Gasteiger partial charge in [-0.15, -0.1) is 0 Å². The van der Waals surface area contributed by atoms with Crippen molar-refractivity contribution < 1.29 is 9.90 Å². The number of hydrogen-bond acceptors (Lipinski definition) is 3. The van der Waals surface area contributed by atoms with E-state index in [1.54, 1.807) is 4.90 Å². The molecule has 13 heavy (non-hydrogen) atoms. The minimum absolute atomic E-state index is 0.132. The average molecular weight is 186 g/mol. The van der Waals surface area contributed by atoms with Crippen LogP contribution >= 0.6 is 0 Å². The van der Waals surface area contributed by atoms with E-state index in [1.807, 2.05) is 14.0 Å². The molecule has 0 aromatic carbocycles. The van der Waals surface area contributed by atoms with Gasteiger partial charge in [0.05, 0.1) is 18.7 Å². The van der Waals surface area contributed by atoms with Crippen LogP contribution in [0, 0.1) is 0 Å². The smallest absolute Gasteiger partial charge is 0.224 e. The second-order valence-corrected chi connectivity index (χ2v) is 3.68. The number of nitrogens with zero attached hydrogens (tertiary/aromatic N) is 1. The number of β-amino-alcohol motifs (C(OH)–C–C–N with tert-alkyl or cyclic N) is 1. The molecule has 1 heterocycles. The molecule has 0 bridgehead atoms. The molecule has 0 radical (unpaired) electrons. The third-order valence-corrected chi connectivity index (χ3v) is 2.57. The summed E-state index contributed by atoms with van der Waals surface area (Å²) in [5.74, 6) is 0.132. The zero-order valence-corrected chi connectivity index (χ0v) is 8.34. The van der Waals surface area contributed by atoms with Crippen molar-refractivity contribution in [3.8, 4) is 0 Å². The quantitative estimate of drug-likeness (QED) is 0.627. The molecule has 1 rings (SSSR count). The van der Waals surface area contributed by atoms with Crippen molar-refractivity contribution in [3.63, 3.8) is 0 Å². The van der Waals surface area contributed by atoms with Crippen LogP contribution in [-0.2, 0) is 4.79 Å². The lowest BCUT2D eigenvalue weighted by atomic mass is 9.91. The van der Waals surface area contributed by atoms with Gasteiger partial charge in [-0.1, -0.05) is 6.92 Å². The molecular formula is C9H18N2O2. The third kappa shape index (κ3) is 2.42. The van der Waals surface area contributed by atoms with E-state index in [0.717, 1.165) is 6.42 Å². The standard InChI is InChI=1S/C9H18N2O2/c1-3-9(13)6-11(7-9)8(12)4-5-10-2/h10,13H,3-7H2,1-2H3. The van der Waals surface area contributed by atoms with Crippen LogP contribution in [0.2, 0.25) is 0 Å². The Morgan fingerprint density at radius 2 is 2.23 bits per heavy atom. The van der Waals surface area contributed by atoms with Gasteiger partial charge in [-0.3, -0.25) is 4.79 Å². The number of carbonyl (C=O) groups excluding carboxylic acids is 1. The van der Waals surface area contributed by atoms with E-state index in [2.05, 4.69) is 5.32 Å². The Morgan fingerprint density at radius 1 is 1.62 bits per heavy atom. The first-order valence-electron chi connectivity index (χ1n) is 4.76. The van der Waals surface area contributed by atoms with Crippen LogP contribution in [0.3, 0.4) is 0 Å². The lowest BCUT2D eigenvalue weighted by molar-refractivity contribution is -0.155. The number of rotatable bonds is 4. The van der Waals surface area contributed by atoms with Gasteiger partial charge in [0.15, 0.2) is 0 Å². The highest BCUT2D eigenvalue weighted by molar-refractivity contribution is 5.77. The first-order valence-corrected chi connectivity index (χ1v) is 4.76. The van der Waals surface area contributed by atoms with E-state index in [9.17, 15) is 9.90 Å². The van der Waals surface area contributed by atoms with Gasteiger partial charge >= 0.3 is 0 Å². The summed E-state index contributed by atoms with van der Waals surface area (Å²) in [5.41, 5.74) is -0.602. The highest BCUT2D eigenvalue weighted by Gasteiger charge is 2.41. The Kier molecular flexibility index (Phi) is 3.27. The van der Waals surface area contributed by atoms with Crippen molar-refractivity contribution >= 4 is 5.91 Å². The Bertz CT molecular complexity index is 188. The number of carbonyl (C=O) groups is 1. The maximum absolute atomic E-state index is 11.4. The largest absolute Gasteiger partial charge is 0.386 e. The lowest BCUT2D eigenvalue weighted by Crippen LogP contribution is -2.63. The van der Waals surface area contributed by atoms with Crippen molar-refractivity contribution in [1.82, 2.24) is 10.2 Å². The maximum atomic E-state index is 11.4. The maximum Gasteiger partial charge on any atom is 0.224 e. The number of aliphatic hydroxyl groups is 1. The van der Waals surface area contributed by atoms with Gasteiger partial charge in [0.1, 0.15) is 0 Å². The predicted molar refractivity (Wildman–Crippen MR) is 50.4 cm³/mol. The second-order valence-electron chi connectivity index (χ2n) is 3.68. The first kappa shape index (κ1) is 10.5. The van der Waals surface area contributed by atoms with Crippen molar-refractivity contribution in [2.75, 3.05) is 26.7 Å². The van der Waals surface area contributed by atoms with E-state index in [0.29, 0.717) is 26.1 Å². The third-order valence-electron chi connectivity index (χ3n) is 2.57. The Hall–Kier alpha value is -0.610. The van der Waals surface area contributed by atoms with Crippen LogP contribution < -0.4 is 5.32 Å². The number of hydrogen-bond donors (Lipinski definition) is 2. The highest BCUT2D eigenvalue weighted by Crippen LogP contribution is 2.24. The molecule has 0 aromatic rings. The molecule has 4 heteroatoms. The highest BCUT2D eigenvalue weighted by atomic mass is 16.3. The van der Waals surface area contributed by atoms with Crippen LogP contribution in [-0.4, -0.2) is 48.2 Å². The molecule has 2 N–H and O–H groups in total. The van der Waals surface area contributed by atoms with E-state index in [4.69, 9.17) is 0 Å². The van der Waals surface area contributed by atoms with Crippen LogP contribution in [0.1, 0.15) is 19.8 Å². The van der Waals surface area contributed by atoms with E-state index in [-0.39, 0.29) is 5.91 Å². The van der Waals surface area contributed by atoms with Crippen LogP contribution in [0.5, 0.6) is 0 Å². The molecule has 1 fully saturated rings. The first-order chi connectivity index (χ1) is 6.11. The summed E-state index contributed by atoms with van der Waals surface area (Å²) in [7, 11) is 1.83. The van der Waals surface area contributed by atoms with Gasteiger partial charge < -0.3 is 15.3 Å². The van der Waals surface area contributed by atoms with Gasteiger partial charge in [-0.25, -0.2) is 0 Å². The molecule has 0 aromatic heterocycles. The molecule has 1 aliphatic heterocycles. The fourth-order valence-electron chi connectivity index (χ4n) is 1.45. The number of nitrogens with one attached hydrogen (secondary N) is 1. The molecule has 0 spiro atoms. The van der Waals surface area contributed by atoms with Crippen LogP contribution in [0.4, 0.5) is 0 Å². The topological polar surface area (TPSA) is 52.6 Å². The van der Waals surface area contributed by atoms with Crippen molar-refractivity contribution in [3.05, 3.63) is 0 Å². The lowest BCUT2D eigenvalue weighted by Gasteiger charge is -2.46. The summed E-state index contributed by atoms with van der Waals surface area (Å²) in [5, 5.41) is 12.6. The van der Waals surface area contributed by atoms with Gasteiger partial charge in [0.2, 0.25) is 5.91 Å². The normalized spacial score (nSPS) is 19.8. The predicted octanol–water partition coefficient (Wildman–Crippen LogP) is -0.421. The monoisotopic (exact) mass is 186 g/mol. The number of likely N-dealkylation sites (tertiary alicyclic amines) is 1. The summed E-state index contributed by atoms with van der Waals surface area (Å²) in [4.78, 5) is 13.1. The molecule has 1 aliphatic rings. The zero-order valence-electron chi connectivity index (χ0n) is 8.34. The summed E-state index contributed by atoms with van der Waals surface area (Å²) in [6, 6.07) is 0. The Labute approximate surface area is 78.9 Å². The Balaban J connectivity index is 2.23. The van der Waals surface area contributed by atoms with Gasteiger partial charge in [-0.05, 0) is 13.5 Å². The summed E-state index contributed by atoms with van der Waals surface area (Å²) < 4.78 is 0. The zero-order chi connectivity index (χ0) is 9.90. The average Bonchev–Trinajstić information content (AvgIpc) is 2.09.